The molecule has 0 aliphatic carbocycles. The van der Waals surface area contributed by atoms with Crippen molar-refractivity contribution in [3.63, 3.8) is 0 Å². The van der Waals surface area contributed by atoms with Crippen LogP contribution in [-0.4, -0.2) is 7.11 Å². The molecule has 1 aromatic heterocycles. The van der Waals surface area contributed by atoms with Crippen molar-refractivity contribution in [3.8, 4) is 5.75 Å². The number of para-hydroxylation sites is 1. The van der Waals surface area contributed by atoms with Crippen LogP contribution in [0.4, 0.5) is 0 Å². The minimum absolute atomic E-state index is 0.308. The van der Waals surface area contributed by atoms with Gasteiger partial charge in [0.05, 0.1) is 7.11 Å². The molecule has 2 aromatic rings. The summed E-state index contributed by atoms with van der Waals surface area (Å²) >= 11 is 1.82. The van der Waals surface area contributed by atoms with E-state index >= 15 is 0 Å². The summed E-state index contributed by atoms with van der Waals surface area (Å²) in [5, 5.41) is 5.89. The predicted molar refractivity (Wildman–Crippen MR) is 86.6 cm³/mol. The van der Waals surface area contributed by atoms with E-state index in [9.17, 15) is 0 Å². The van der Waals surface area contributed by atoms with E-state index in [1.165, 1.54) is 16.0 Å². The van der Waals surface area contributed by atoms with Crippen LogP contribution < -0.4 is 10.1 Å². The third-order valence-electron chi connectivity index (χ3n) is 3.67. The molecule has 108 valence electrons. The number of methoxy groups -OCH3 is 1. The van der Waals surface area contributed by atoms with Crippen LogP contribution in [0.2, 0.25) is 0 Å². The van der Waals surface area contributed by atoms with Gasteiger partial charge in [0, 0.05) is 22.5 Å². The molecule has 2 atom stereocenters. The van der Waals surface area contributed by atoms with Gasteiger partial charge in [-0.1, -0.05) is 25.1 Å². The SMILES string of the molecule is CCC(NC(C)c1sccc1C)c1ccccc1OC. The smallest absolute Gasteiger partial charge is 0.123 e. The molecular formula is C17H23NOS. The van der Waals surface area contributed by atoms with Gasteiger partial charge in [0.1, 0.15) is 5.75 Å². The lowest BCUT2D eigenvalue weighted by Crippen LogP contribution is -2.24. The Morgan fingerprint density at radius 3 is 2.60 bits per heavy atom. The molecule has 0 bridgehead atoms. The summed E-state index contributed by atoms with van der Waals surface area (Å²) in [5.41, 5.74) is 2.60. The number of hydrogen-bond acceptors (Lipinski definition) is 3. The molecule has 0 spiro atoms. The second kappa shape index (κ2) is 6.91. The molecule has 1 aromatic carbocycles. The second-order valence-corrected chi connectivity index (χ2v) is 6.01. The summed E-state index contributed by atoms with van der Waals surface area (Å²) in [6.45, 7) is 6.61. The van der Waals surface area contributed by atoms with E-state index in [2.05, 4.69) is 49.7 Å². The van der Waals surface area contributed by atoms with Crippen LogP contribution in [0.5, 0.6) is 5.75 Å². The first kappa shape index (κ1) is 15.1. The molecule has 3 heteroatoms. The normalized spacial score (nSPS) is 14.0. The monoisotopic (exact) mass is 289 g/mol. The summed E-state index contributed by atoms with van der Waals surface area (Å²) in [6, 6.07) is 11.1. The highest BCUT2D eigenvalue weighted by molar-refractivity contribution is 7.10. The van der Waals surface area contributed by atoms with Gasteiger partial charge in [0.2, 0.25) is 0 Å². The first-order valence-electron chi connectivity index (χ1n) is 7.10. The van der Waals surface area contributed by atoms with Crippen molar-refractivity contribution in [3.05, 3.63) is 51.7 Å². The van der Waals surface area contributed by atoms with E-state index < -0.39 is 0 Å². The predicted octanol–water partition coefficient (Wildman–Crippen LogP) is 4.87. The number of aryl methyl sites for hydroxylation is 1. The number of thiophene rings is 1. The van der Waals surface area contributed by atoms with Crippen LogP contribution in [0.15, 0.2) is 35.7 Å². The Hall–Kier alpha value is -1.32. The molecule has 0 saturated heterocycles. The van der Waals surface area contributed by atoms with Gasteiger partial charge in [0.15, 0.2) is 0 Å². The number of benzene rings is 1. The van der Waals surface area contributed by atoms with Crippen molar-refractivity contribution in [1.82, 2.24) is 5.32 Å². The molecule has 0 aliphatic rings. The molecule has 20 heavy (non-hydrogen) atoms. The van der Waals surface area contributed by atoms with Crippen molar-refractivity contribution >= 4 is 11.3 Å². The Labute approximate surface area is 125 Å². The Morgan fingerprint density at radius 2 is 2.00 bits per heavy atom. The average molecular weight is 289 g/mol. The maximum absolute atomic E-state index is 5.49. The van der Waals surface area contributed by atoms with E-state index in [4.69, 9.17) is 4.74 Å². The highest BCUT2D eigenvalue weighted by Crippen LogP contribution is 2.31. The molecule has 1 heterocycles. The molecule has 2 rings (SSSR count). The lowest BCUT2D eigenvalue weighted by molar-refractivity contribution is 0.389. The van der Waals surface area contributed by atoms with E-state index in [0.717, 1.165) is 12.2 Å². The lowest BCUT2D eigenvalue weighted by Gasteiger charge is -2.24. The van der Waals surface area contributed by atoms with Crippen LogP contribution in [0, 0.1) is 6.92 Å². The molecule has 0 radical (unpaired) electrons. The van der Waals surface area contributed by atoms with Gasteiger partial charge >= 0.3 is 0 Å². The van der Waals surface area contributed by atoms with Gasteiger partial charge in [-0.2, -0.15) is 0 Å². The zero-order chi connectivity index (χ0) is 14.5. The molecule has 2 unspecified atom stereocenters. The topological polar surface area (TPSA) is 21.3 Å². The maximum atomic E-state index is 5.49. The highest BCUT2D eigenvalue weighted by Gasteiger charge is 2.18. The number of hydrogen-bond donors (Lipinski definition) is 1. The summed E-state index contributed by atoms with van der Waals surface area (Å²) < 4.78 is 5.49. The fraction of sp³-hybridized carbons (Fsp3) is 0.412. The van der Waals surface area contributed by atoms with Gasteiger partial charge in [-0.15, -0.1) is 11.3 Å². The third kappa shape index (κ3) is 3.22. The average Bonchev–Trinajstić information content (AvgIpc) is 2.90. The first-order valence-corrected chi connectivity index (χ1v) is 7.98. The quantitative estimate of drug-likeness (QED) is 0.819. The van der Waals surface area contributed by atoms with Gasteiger partial charge < -0.3 is 10.1 Å². The van der Waals surface area contributed by atoms with Gasteiger partial charge in [0.25, 0.3) is 0 Å². The summed E-state index contributed by atoms with van der Waals surface area (Å²) in [6.07, 6.45) is 1.04. The maximum Gasteiger partial charge on any atom is 0.123 e. The fourth-order valence-electron chi connectivity index (χ4n) is 2.59. The minimum atomic E-state index is 0.308. The van der Waals surface area contributed by atoms with Crippen molar-refractivity contribution in [2.75, 3.05) is 7.11 Å². The molecule has 0 saturated carbocycles. The standard InChI is InChI=1S/C17H23NOS/c1-5-15(14-8-6-7-9-16(14)19-4)18-13(3)17-12(2)10-11-20-17/h6-11,13,15,18H,5H2,1-4H3. The van der Waals surface area contributed by atoms with Crippen LogP contribution in [0.25, 0.3) is 0 Å². The van der Waals surface area contributed by atoms with E-state index in [0.29, 0.717) is 12.1 Å². The van der Waals surface area contributed by atoms with Crippen LogP contribution in [-0.2, 0) is 0 Å². The highest BCUT2D eigenvalue weighted by atomic mass is 32.1. The Kier molecular flexibility index (Phi) is 5.21. The molecule has 1 N–H and O–H groups in total. The van der Waals surface area contributed by atoms with Gasteiger partial charge in [-0.25, -0.2) is 0 Å². The third-order valence-corrected chi connectivity index (χ3v) is 4.87. The van der Waals surface area contributed by atoms with Crippen molar-refractivity contribution in [1.29, 1.82) is 0 Å². The minimum Gasteiger partial charge on any atom is -0.496 e. The molecule has 0 fully saturated rings. The van der Waals surface area contributed by atoms with E-state index in [1.807, 2.05) is 23.5 Å². The van der Waals surface area contributed by atoms with Crippen LogP contribution in [0.1, 0.15) is 48.4 Å². The Morgan fingerprint density at radius 1 is 1.25 bits per heavy atom. The van der Waals surface area contributed by atoms with Gasteiger partial charge in [-0.05, 0) is 43.3 Å². The largest absolute Gasteiger partial charge is 0.496 e. The van der Waals surface area contributed by atoms with Crippen molar-refractivity contribution in [2.24, 2.45) is 0 Å². The molecule has 2 nitrogen and oxygen atoms in total. The summed E-state index contributed by atoms with van der Waals surface area (Å²) in [4.78, 5) is 1.42. The van der Waals surface area contributed by atoms with E-state index in [-0.39, 0.29) is 0 Å². The molecule has 0 aliphatic heterocycles. The fourth-order valence-corrected chi connectivity index (χ4v) is 3.53. The Balaban J connectivity index is 2.19. The number of rotatable bonds is 6. The van der Waals surface area contributed by atoms with Crippen molar-refractivity contribution in [2.45, 2.75) is 39.3 Å². The lowest BCUT2D eigenvalue weighted by atomic mass is 10.0. The van der Waals surface area contributed by atoms with Crippen molar-refractivity contribution < 1.29 is 4.74 Å². The number of nitrogens with one attached hydrogen (secondary N) is 1. The van der Waals surface area contributed by atoms with Crippen LogP contribution >= 0.6 is 11.3 Å². The van der Waals surface area contributed by atoms with Gasteiger partial charge in [-0.3, -0.25) is 0 Å². The Bertz CT molecular complexity index is 549. The summed E-state index contributed by atoms with van der Waals surface area (Å²) in [7, 11) is 1.73. The molecular weight excluding hydrogens is 266 g/mol. The zero-order valence-electron chi connectivity index (χ0n) is 12.6. The summed E-state index contributed by atoms with van der Waals surface area (Å²) in [5.74, 6) is 0.960. The zero-order valence-corrected chi connectivity index (χ0v) is 13.5. The first-order chi connectivity index (χ1) is 9.67. The van der Waals surface area contributed by atoms with E-state index in [1.54, 1.807) is 7.11 Å². The van der Waals surface area contributed by atoms with Crippen LogP contribution in [0.3, 0.4) is 0 Å². The molecule has 0 amide bonds. The second-order valence-electron chi connectivity index (χ2n) is 5.06. The number of ether oxygens (including phenoxy) is 1.